The van der Waals surface area contributed by atoms with Gasteiger partial charge in [0.25, 0.3) is 0 Å². The summed E-state index contributed by atoms with van der Waals surface area (Å²) in [6.07, 6.45) is -6.55. The van der Waals surface area contributed by atoms with Gasteiger partial charge in [0.1, 0.15) is 61.9 Å². The van der Waals surface area contributed by atoms with E-state index in [1.165, 1.54) is 16.6 Å². The van der Waals surface area contributed by atoms with Crippen molar-refractivity contribution in [3.8, 4) is 0 Å². The number of carbonyl (C=O) groups excluding carboxylic acids is 1. The van der Waals surface area contributed by atoms with Gasteiger partial charge >= 0.3 is 21.2 Å². The third-order valence-electron chi connectivity index (χ3n) is 12.8. The van der Waals surface area contributed by atoms with Crippen LogP contribution in [0, 0.1) is 6.92 Å². The molecule has 29 nitrogen and oxygen atoms in total. The highest BCUT2D eigenvalue weighted by atomic mass is 31.2. The maximum absolute atomic E-state index is 15.2. The second-order valence-electron chi connectivity index (χ2n) is 18.0. The Bertz CT molecular complexity index is 3910. The number of hydrogen-bond acceptors (Lipinski definition) is 24. The van der Waals surface area contributed by atoms with Gasteiger partial charge in [-0.15, -0.1) is 20.4 Å². The molecule has 2 aliphatic heterocycles. The van der Waals surface area contributed by atoms with Gasteiger partial charge in [0, 0.05) is 13.1 Å². The Labute approximate surface area is 446 Å². The summed E-state index contributed by atoms with van der Waals surface area (Å²) in [5.41, 5.74) is 5.98. The average molecular weight is 1120 g/mol. The number of rotatable bonds is 22. The molecule has 10 atom stereocenters. The standard InChI is InChI=1S/C48H49N15O14P2/c1-5-67-78(65,28-79(66,68-6-2)70-26-41-44(75-61-36-20-12-8-16-32(36)52-56-61)46(48(73-41)71-30(4)64)77-63-38-22-14-10-18-34(38)54-58-63)69-25-40-43(74-60-35-19-11-7-15-31(35)51-55-60)45(76-62-37-21-13-9-17-33(37)53-57-62)47(72-40)59-27-50-42-29(3)49-24-23-39(42)59/h7-24,27,40-41,43-48H,5-6,25-26,28H2,1-4H3/t40-,41-,43+,44?,45?,46?,47-,48-,78?,79?/m1/s1. The summed E-state index contributed by atoms with van der Waals surface area (Å²) in [6, 6.07) is 30.2. The smallest absolute Gasteiger partial charge is 0.342 e. The van der Waals surface area contributed by atoms with Gasteiger partial charge in [-0.3, -0.25) is 23.5 Å². The van der Waals surface area contributed by atoms with Crippen LogP contribution >= 0.6 is 15.2 Å². The molecule has 10 aromatic rings. The number of nitrogens with zero attached hydrogens (tertiary/aromatic N) is 15. The monoisotopic (exact) mass is 1120 g/mol. The van der Waals surface area contributed by atoms with Gasteiger partial charge in [-0.25, -0.2) is 4.98 Å². The van der Waals surface area contributed by atoms with Gasteiger partial charge in [0.2, 0.25) is 24.6 Å². The molecule has 2 saturated heterocycles. The van der Waals surface area contributed by atoms with E-state index in [1.807, 2.05) is 25.1 Å². The first-order valence-corrected chi connectivity index (χ1v) is 28.4. The minimum Gasteiger partial charge on any atom is -0.431 e. The van der Waals surface area contributed by atoms with E-state index in [0.717, 1.165) is 9.69 Å². The summed E-state index contributed by atoms with van der Waals surface area (Å²) in [5, 5.41) is 33.9. The number of esters is 1. The van der Waals surface area contributed by atoms with Crippen LogP contribution < -0.4 is 19.4 Å². The van der Waals surface area contributed by atoms with Crippen molar-refractivity contribution in [3.05, 3.63) is 121 Å². The molecule has 410 valence electrons. The maximum atomic E-state index is 15.2. The Morgan fingerprint density at radius 2 is 0.975 bits per heavy atom. The molecule has 0 N–H and O–H groups in total. The molecular weight excluding hydrogens is 1070 g/mol. The number of pyridine rings is 1. The first-order valence-electron chi connectivity index (χ1n) is 24.9. The molecule has 4 aromatic carbocycles. The largest absolute Gasteiger partial charge is 0.431 e. The summed E-state index contributed by atoms with van der Waals surface area (Å²) in [4.78, 5) is 52.7. The number of aromatic nitrogens is 15. The minimum absolute atomic E-state index is 0.157. The molecule has 79 heavy (non-hydrogen) atoms. The number of aryl methyl sites for hydroxylation is 1. The van der Waals surface area contributed by atoms with Crippen LogP contribution in [-0.2, 0) is 46.2 Å². The fraction of sp³-hybridized carbons (Fsp3) is 0.354. The van der Waals surface area contributed by atoms with Gasteiger partial charge in [0.15, 0.2) is 18.2 Å². The van der Waals surface area contributed by atoms with E-state index in [0.29, 0.717) is 60.9 Å². The fourth-order valence-electron chi connectivity index (χ4n) is 9.31. The molecule has 0 bridgehead atoms. The molecule has 0 spiro atoms. The Balaban J connectivity index is 0.849. The molecule has 6 aromatic heterocycles. The molecule has 2 aliphatic rings. The zero-order valence-electron chi connectivity index (χ0n) is 42.4. The summed E-state index contributed by atoms with van der Waals surface area (Å²) in [7, 11) is -9.08. The van der Waals surface area contributed by atoms with Crippen LogP contribution in [0.4, 0.5) is 0 Å². The summed E-state index contributed by atoms with van der Waals surface area (Å²) >= 11 is 0. The zero-order valence-corrected chi connectivity index (χ0v) is 44.2. The third kappa shape index (κ3) is 10.3. The van der Waals surface area contributed by atoms with Crippen molar-refractivity contribution >= 4 is 76.3 Å². The minimum atomic E-state index is -4.54. The van der Waals surface area contributed by atoms with Gasteiger partial charge in [-0.05, 0) is 96.2 Å². The Kier molecular flexibility index (Phi) is 14.2. The van der Waals surface area contributed by atoms with E-state index in [9.17, 15) is 4.79 Å². The van der Waals surface area contributed by atoms with E-state index in [4.69, 9.17) is 51.7 Å². The predicted octanol–water partition coefficient (Wildman–Crippen LogP) is 4.34. The molecule has 0 saturated carbocycles. The lowest BCUT2D eigenvalue weighted by atomic mass is 10.1. The summed E-state index contributed by atoms with van der Waals surface area (Å²) < 4.78 is 75.0. The number of imidazole rings is 1. The number of benzene rings is 4. The maximum Gasteiger partial charge on any atom is 0.342 e. The van der Waals surface area contributed by atoms with Gasteiger partial charge in [-0.2, -0.15) is 0 Å². The van der Waals surface area contributed by atoms with Gasteiger partial charge < -0.3 is 51.7 Å². The first-order chi connectivity index (χ1) is 38.5. The van der Waals surface area contributed by atoms with Crippen LogP contribution in [0.5, 0.6) is 0 Å². The molecular formula is C48H49N15O14P2. The number of para-hydroxylation sites is 4. The lowest BCUT2D eigenvalue weighted by Gasteiger charge is -2.27. The molecule has 12 rings (SSSR count). The van der Waals surface area contributed by atoms with E-state index in [-0.39, 0.29) is 13.2 Å². The Morgan fingerprint density at radius 1 is 0.544 bits per heavy atom. The number of carbonyl (C=O) groups is 1. The van der Waals surface area contributed by atoms with Gasteiger partial charge in [0.05, 0.1) is 44.0 Å². The second kappa shape index (κ2) is 21.7. The van der Waals surface area contributed by atoms with Crippen LogP contribution in [-0.4, -0.2) is 156 Å². The highest BCUT2D eigenvalue weighted by molar-refractivity contribution is 7.71. The lowest BCUT2D eigenvalue weighted by Crippen LogP contribution is -2.49. The number of hydrogen-bond donors (Lipinski definition) is 0. The molecule has 31 heteroatoms. The predicted molar refractivity (Wildman–Crippen MR) is 273 cm³/mol. The molecule has 0 aliphatic carbocycles. The lowest BCUT2D eigenvalue weighted by molar-refractivity contribution is -0.194. The van der Waals surface area contributed by atoms with Crippen LogP contribution in [0.3, 0.4) is 0 Å². The first kappa shape index (κ1) is 51.7. The molecule has 2 fully saturated rings. The Hall–Kier alpha value is -8.01. The quantitative estimate of drug-likeness (QED) is 0.0673. The van der Waals surface area contributed by atoms with Gasteiger partial charge in [-0.1, -0.05) is 67.9 Å². The highest BCUT2D eigenvalue weighted by Crippen LogP contribution is 2.64. The second-order valence-corrected chi connectivity index (χ2v) is 22.6. The van der Waals surface area contributed by atoms with Crippen LogP contribution in [0.1, 0.15) is 32.7 Å². The van der Waals surface area contributed by atoms with Crippen LogP contribution in [0.15, 0.2) is 116 Å². The fourth-order valence-corrected chi connectivity index (χ4v) is 14.0. The average Bonchev–Trinajstić information content (AvgIpc) is 4.50. The molecule has 0 radical (unpaired) electrons. The van der Waals surface area contributed by atoms with Crippen molar-refractivity contribution in [3.63, 3.8) is 0 Å². The van der Waals surface area contributed by atoms with Crippen LogP contribution in [0.25, 0.3) is 55.2 Å². The van der Waals surface area contributed by atoms with E-state index >= 15 is 9.13 Å². The molecule has 0 amide bonds. The third-order valence-corrected chi connectivity index (χ3v) is 18.0. The van der Waals surface area contributed by atoms with Crippen molar-refractivity contribution in [2.45, 2.75) is 76.8 Å². The number of ether oxygens (including phenoxy) is 3. The van der Waals surface area contributed by atoms with Crippen LogP contribution in [0.2, 0.25) is 0 Å². The highest BCUT2D eigenvalue weighted by Gasteiger charge is 2.55. The number of fused-ring (bicyclic) bond motifs is 5. The van der Waals surface area contributed by atoms with Crippen molar-refractivity contribution in [2.24, 2.45) is 0 Å². The van der Waals surface area contributed by atoms with E-state index in [2.05, 4.69) is 51.2 Å². The van der Waals surface area contributed by atoms with E-state index < -0.39 is 89.4 Å². The van der Waals surface area contributed by atoms with Crippen molar-refractivity contribution in [1.29, 1.82) is 0 Å². The SMILES string of the molecule is CCOP(=O)(CP(=O)(OCC)OC[C@H]1O[C@@H](n2cnc3c(C)nccc32)C(On2nnc3ccccc32)[C@H]1On1nnc2ccccc21)OC[C@H]1O[C@@H](OC(C)=O)C(On2nnc3ccccc32)C1On1nnc2ccccc21. The Morgan fingerprint density at radius 3 is 1.44 bits per heavy atom. The van der Waals surface area contributed by atoms with Crippen molar-refractivity contribution in [2.75, 3.05) is 32.3 Å². The topological polar surface area (TPSA) is 306 Å². The van der Waals surface area contributed by atoms with Crippen molar-refractivity contribution < 1.29 is 65.6 Å². The van der Waals surface area contributed by atoms with E-state index in [1.54, 1.807) is 116 Å². The zero-order chi connectivity index (χ0) is 54.3. The molecule has 5 unspecified atom stereocenters. The summed E-state index contributed by atoms with van der Waals surface area (Å²) in [6.45, 7) is 4.77. The molecule has 8 heterocycles. The van der Waals surface area contributed by atoms with Crippen molar-refractivity contribution in [1.82, 2.24) is 75.2 Å². The summed E-state index contributed by atoms with van der Waals surface area (Å²) in [5.74, 6) is -1.62. The normalized spacial score (nSPS) is 22.9.